The van der Waals surface area contributed by atoms with Crippen LogP contribution in [-0.2, 0) is 6.54 Å². The second kappa shape index (κ2) is 7.77. The summed E-state index contributed by atoms with van der Waals surface area (Å²) in [6, 6.07) is 2.34. The highest BCUT2D eigenvalue weighted by molar-refractivity contribution is 14.1. The van der Waals surface area contributed by atoms with E-state index in [4.69, 9.17) is 11.6 Å². The van der Waals surface area contributed by atoms with Crippen molar-refractivity contribution in [2.75, 3.05) is 6.54 Å². The summed E-state index contributed by atoms with van der Waals surface area (Å²) in [5.74, 6) is 0. The maximum absolute atomic E-state index is 6.39. The highest BCUT2D eigenvalue weighted by atomic mass is 127. The zero-order valence-electron chi connectivity index (χ0n) is 11.7. The van der Waals surface area contributed by atoms with Crippen LogP contribution in [0.5, 0.6) is 0 Å². The minimum absolute atomic E-state index is 0.122. The Balaban J connectivity index is 2.37. The Labute approximate surface area is 142 Å². The number of aromatic nitrogens is 2. The molecule has 1 unspecified atom stereocenters. The second-order valence-electron chi connectivity index (χ2n) is 4.67. The molecule has 2 aromatic rings. The maximum atomic E-state index is 6.39. The Hall–Kier alpha value is -0.110. The number of nitrogens with one attached hydrogen (secondary N) is 1. The molecule has 1 N–H and O–H groups in total. The lowest BCUT2D eigenvalue weighted by atomic mass is 10.1. The molecule has 0 aliphatic rings. The maximum Gasteiger partial charge on any atom is 0.0837 e. The van der Waals surface area contributed by atoms with Gasteiger partial charge in [0.15, 0.2) is 0 Å². The summed E-state index contributed by atoms with van der Waals surface area (Å²) in [5.41, 5.74) is 2.35. The summed E-state index contributed by atoms with van der Waals surface area (Å²) in [7, 11) is 0. The van der Waals surface area contributed by atoms with Crippen molar-refractivity contribution in [3.63, 3.8) is 0 Å². The van der Waals surface area contributed by atoms with Gasteiger partial charge in [-0.1, -0.05) is 25.4 Å². The van der Waals surface area contributed by atoms with Crippen molar-refractivity contribution in [3.8, 4) is 0 Å². The van der Waals surface area contributed by atoms with Gasteiger partial charge < -0.3 is 5.32 Å². The number of rotatable bonds is 7. The molecule has 0 amide bonds. The van der Waals surface area contributed by atoms with Gasteiger partial charge in [0.1, 0.15) is 0 Å². The van der Waals surface area contributed by atoms with E-state index < -0.39 is 0 Å². The van der Waals surface area contributed by atoms with Crippen LogP contribution in [0.1, 0.15) is 44.0 Å². The van der Waals surface area contributed by atoms with Crippen molar-refractivity contribution in [1.29, 1.82) is 0 Å². The van der Waals surface area contributed by atoms with E-state index in [1.165, 1.54) is 8.45 Å². The summed E-state index contributed by atoms with van der Waals surface area (Å²) >= 11 is 10.5. The van der Waals surface area contributed by atoms with Gasteiger partial charge in [0.25, 0.3) is 0 Å². The van der Waals surface area contributed by atoms with Gasteiger partial charge in [0, 0.05) is 6.54 Å². The number of thiophene rings is 1. The number of halogens is 2. The number of hydrogen-bond donors (Lipinski definition) is 1. The Morgan fingerprint density at radius 3 is 2.85 bits per heavy atom. The average Bonchev–Trinajstić information content (AvgIpc) is 3.00. The van der Waals surface area contributed by atoms with Crippen molar-refractivity contribution >= 4 is 45.5 Å². The van der Waals surface area contributed by atoms with E-state index in [0.717, 1.165) is 36.6 Å². The van der Waals surface area contributed by atoms with Gasteiger partial charge in [-0.3, -0.25) is 4.68 Å². The van der Waals surface area contributed by atoms with Crippen LogP contribution in [0.4, 0.5) is 0 Å². The monoisotopic (exact) mass is 423 g/mol. The van der Waals surface area contributed by atoms with Gasteiger partial charge in [-0.2, -0.15) is 5.10 Å². The molecule has 3 nitrogen and oxygen atoms in total. The quantitative estimate of drug-likeness (QED) is 0.654. The van der Waals surface area contributed by atoms with Crippen LogP contribution in [0.15, 0.2) is 17.6 Å². The second-order valence-corrected chi connectivity index (χ2v) is 7.88. The first-order chi connectivity index (χ1) is 9.67. The van der Waals surface area contributed by atoms with Crippen molar-refractivity contribution in [3.05, 3.63) is 36.8 Å². The van der Waals surface area contributed by atoms with Gasteiger partial charge >= 0.3 is 0 Å². The summed E-state index contributed by atoms with van der Waals surface area (Å²) in [5, 5.41) is 11.0. The summed E-state index contributed by atoms with van der Waals surface area (Å²) in [4.78, 5) is 0. The van der Waals surface area contributed by atoms with E-state index in [-0.39, 0.29) is 6.04 Å². The normalized spacial score (nSPS) is 12.8. The molecule has 0 radical (unpaired) electrons. The van der Waals surface area contributed by atoms with Crippen molar-refractivity contribution < 1.29 is 0 Å². The Morgan fingerprint density at radius 2 is 2.25 bits per heavy atom. The molecule has 20 heavy (non-hydrogen) atoms. The van der Waals surface area contributed by atoms with E-state index in [9.17, 15) is 0 Å². The van der Waals surface area contributed by atoms with Gasteiger partial charge in [0.2, 0.25) is 0 Å². The van der Waals surface area contributed by atoms with E-state index in [1.807, 2.05) is 4.68 Å². The Kier molecular flexibility index (Phi) is 6.32. The third kappa shape index (κ3) is 3.75. The average molecular weight is 424 g/mol. The molecule has 0 saturated carbocycles. The van der Waals surface area contributed by atoms with Crippen LogP contribution in [0.2, 0.25) is 5.02 Å². The molecule has 1 atom stereocenters. The van der Waals surface area contributed by atoms with E-state index >= 15 is 0 Å². The molecule has 0 aromatic carbocycles. The van der Waals surface area contributed by atoms with Crippen molar-refractivity contribution in [2.24, 2.45) is 0 Å². The van der Waals surface area contributed by atoms with Crippen LogP contribution in [0.3, 0.4) is 0 Å². The first-order valence-corrected chi connectivity index (χ1v) is 9.19. The smallest absolute Gasteiger partial charge is 0.0837 e. The van der Waals surface area contributed by atoms with Crippen LogP contribution in [-0.4, -0.2) is 16.3 Å². The molecule has 2 rings (SSSR count). The number of hydrogen-bond acceptors (Lipinski definition) is 3. The van der Waals surface area contributed by atoms with Gasteiger partial charge in [0.05, 0.1) is 25.8 Å². The lowest BCUT2D eigenvalue weighted by Crippen LogP contribution is -2.26. The SMILES string of the molecule is CCCNC(c1csc(I)c1)c1c(Cl)cnn1CCC. The third-order valence-corrected chi connectivity index (χ3v) is 5.16. The van der Waals surface area contributed by atoms with Gasteiger partial charge in [-0.15, -0.1) is 11.3 Å². The number of aryl methyl sites for hydroxylation is 1. The van der Waals surface area contributed by atoms with Crippen LogP contribution in [0.25, 0.3) is 0 Å². The zero-order valence-corrected chi connectivity index (χ0v) is 15.4. The van der Waals surface area contributed by atoms with E-state index in [2.05, 4.69) is 58.3 Å². The minimum atomic E-state index is 0.122. The van der Waals surface area contributed by atoms with Crippen LogP contribution < -0.4 is 5.32 Å². The highest BCUT2D eigenvalue weighted by Crippen LogP contribution is 2.31. The molecule has 0 bridgehead atoms. The predicted molar refractivity (Wildman–Crippen MR) is 94.7 cm³/mol. The molecule has 110 valence electrons. The largest absolute Gasteiger partial charge is 0.305 e. The molecular formula is C14H19ClIN3S. The number of nitrogens with zero attached hydrogens (tertiary/aromatic N) is 2. The fraction of sp³-hybridized carbons (Fsp3) is 0.500. The summed E-state index contributed by atoms with van der Waals surface area (Å²) < 4.78 is 3.32. The van der Waals surface area contributed by atoms with Gasteiger partial charge in [-0.05, 0) is 59.0 Å². The Bertz CT molecular complexity index is 552. The predicted octanol–water partition coefficient (Wildman–Crippen LogP) is 4.70. The van der Waals surface area contributed by atoms with Gasteiger partial charge in [-0.25, -0.2) is 0 Å². The molecule has 0 aliphatic heterocycles. The molecule has 0 saturated heterocycles. The Morgan fingerprint density at radius 1 is 1.45 bits per heavy atom. The highest BCUT2D eigenvalue weighted by Gasteiger charge is 2.22. The molecule has 0 aliphatic carbocycles. The zero-order chi connectivity index (χ0) is 14.5. The lowest BCUT2D eigenvalue weighted by molar-refractivity contribution is 0.512. The fourth-order valence-electron chi connectivity index (χ4n) is 2.18. The summed E-state index contributed by atoms with van der Waals surface area (Å²) in [6.45, 7) is 6.19. The van der Waals surface area contributed by atoms with Crippen molar-refractivity contribution in [2.45, 2.75) is 39.3 Å². The molecule has 0 spiro atoms. The van der Waals surface area contributed by atoms with E-state index in [1.54, 1.807) is 17.5 Å². The third-order valence-electron chi connectivity index (χ3n) is 3.06. The van der Waals surface area contributed by atoms with E-state index in [0.29, 0.717) is 0 Å². The molecule has 2 aromatic heterocycles. The van der Waals surface area contributed by atoms with Crippen molar-refractivity contribution in [1.82, 2.24) is 15.1 Å². The molecular weight excluding hydrogens is 405 g/mol. The molecule has 2 heterocycles. The topological polar surface area (TPSA) is 29.9 Å². The first kappa shape index (κ1) is 16.3. The summed E-state index contributed by atoms with van der Waals surface area (Å²) in [6.07, 6.45) is 3.90. The fourth-order valence-corrected chi connectivity index (χ4v) is 3.83. The first-order valence-electron chi connectivity index (χ1n) is 6.85. The minimum Gasteiger partial charge on any atom is -0.305 e. The van der Waals surface area contributed by atoms with Crippen LogP contribution >= 0.6 is 45.5 Å². The molecule has 6 heteroatoms. The standard InChI is InChI=1S/C14H19ClIN3S/c1-3-5-17-13(10-7-12(16)20-9-10)14-11(15)8-18-19(14)6-4-2/h7-9,13,17H,3-6H2,1-2H3. The molecule has 0 fully saturated rings. The van der Waals surface area contributed by atoms with Crippen LogP contribution in [0, 0.1) is 2.88 Å². The lowest BCUT2D eigenvalue weighted by Gasteiger charge is -2.20.